The maximum Gasteiger partial charge on any atom is 0.344 e. The molecule has 0 fully saturated rings. The average molecular weight is 529 g/mol. The highest BCUT2D eigenvalue weighted by atomic mass is 35.5. The second kappa shape index (κ2) is 15.3. The first-order valence-electron chi connectivity index (χ1n) is 13.3. The van der Waals surface area contributed by atoms with Gasteiger partial charge in [0, 0.05) is 26.6 Å². The van der Waals surface area contributed by atoms with Crippen molar-refractivity contribution in [3.8, 4) is 11.5 Å². The minimum absolute atomic E-state index is 0.208. The summed E-state index contributed by atoms with van der Waals surface area (Å²) in [6.07, 6.45) is 8.25. The van der Waals surface area contributed by atoms with Gasteiger partial charge in [0.15, 0.2) is 13.2 Å². The molecule has 37 heavy (non-hydrogen) atoms. The van der Waals surface area contributed by atoms with Crippen molar-refractivity contribution in [2.75, 3.05) is 26.4 Å². The van der Waals surface area contributed by atoms with Crippen LogP contribution in [-0.2, 0) is 19.1 Å². The molecule has 0 radical (unpaired) electrons. The number of carbonyl (C=O) groups excluding carboxylic acids is 2. The molecule has 0 atom stereocenters. The van der Waals surface area contributed by atoms with Crippen molar-refractivity contribution in [1.29, 1.82) is 0 Å². The fourth-order valence-corrected chi connectivity index (χ4v) is 4.33. The highest BCUT2D eigenvalue weighted by molar-refractivity contribution is 6.31. The zero-order valence-corrected chi connectivity index (χ0v) is 22.6. The molecular weight excluding hydrogens is 492 g/mol. The van der Waals surface area contributed by atoms with Gasteiger partial charge in [-0.25, -0.2) is 9.59 Å². The number of fused-ring (bicyclic) bond motifs is 2. The van der Waals surface area contributed by atoms with Gasteiger partial charge in [-0.2, -0.15) is 0 Å². The average Bonchev–Trinajstić information content (AvgIpc) is 2.90. The molecule has 7 heteroatoms. The Morgan fingerprint density at radius 3 is 1.65 bits per heavy atom. The fourth-order valence-electron chi connectivity index (χ4n) is 4.16. The van der Waals surface area contributed by atoms with Crippen LogP contribution in [0.3, 0.4) is 0 Å². The molecule has 6 nitrogen and oxygen atoms in total. The third-order valence-electron chi connectivity index (χ3n) is 6.08. The summed E-state index contributed by atoms with van der Waals surface area (Å²) >= 11 is 6.33. The summed E-state index contributed by atoms with van der Waals surface area (Å²) in [5, 5.41) is 3.43. The Morgan fingerprint density at radius 2 is 1.14 bits per heavy atom. The van der Waals surface area contributed by atoms with Gasteiger partial charge in [0.25, 0.3) is 0 Å². The summed E-state index contributed by atoms with van der Waals surface area (Å²) in [6, 6.07) is 12.9. The summed E-state index contributed by atoms with van der Waals surface area (Å²) in [5.41, 5.74) is 0. The Kier molecular flexibility index (Phi) is 11.8. The quantitative estimate of drug-likeness (QED) is 0.108. The van der Waals surface area contributed by atoms with E-state index in [4.69, 9.17) is 30.5 Å². The summed E-state index contributed by atoms with van der Waals surface area (Å²) < 4.78 is 22.7. The number of unbranched alkanes of at least 4 members (excludes halogenated alkanes) is 6. The fraction of sp³-hybridized carbons (Fsp3) is 0.467. The lowest BCUT2D eigenvalue weighted by atomic mass is 10.0. The number of hydrogen-bond acceptors (Lipinski definition) is 6. The Hall–Kier alpha value is -2.99. The second-order valence-electron chi connectivity index (χ2n) is 9.03. The molecule has 0 saturated heterocycles. The van der Waals surface area contributed by atoms with Crippen molar-refractivity contribution in [3.63, 3.8) is 0 Å². The Labute approximate surface area is 224 Å². The van der Waals surface area contributed by atoms with Crippen LogP contribution < -0.4 is 9.47 Å². The minimum atomic E-state index is -0.419. The normalized spacial score (nSPS) is 11.0. The van der Waals surface area contributed by atoms with Crippen molar-refractivity contribution in [2.45, 2.75) is 65.2 Å². The molecule has 3 aromatic rings. The topological polar surface area (TPSA) is 71.1 Å². The number of ether oxygens (including phenoxy) is 4. The van der Waals surface area contributed by atoms with E-state index in [1.54, 1.807) is 12.1 Å². The van der Waals surface area contributed by atoms with Gasteiger partial charge in [0.2, 0.25) is 0 Å². The molecule has 0 unspecified atom stereocenters. The van der Waals surface area contributed by atoms with Crippen LogP contribution in [0.4, 0.5) is 0 Å². The molecule has 0 aliphatic rings. The molecule has 0 heterocycles. The van der Waals surface area contributed by atoms with Gasteiger partial charge in [0.1, 0.15) is 11.5 Å². The molecule has 0 spiro atoms. The van der Waals surface area contributed by atoms with Crippen LogP contribution in [0.5, 0.6) is 11.5 Å². The Balaban J connectivity index is 1.78. The lowest BCUT2D eigenvalue weighted by Gasteiger charge is -2.17. The van der Waals surface area contributed by atoms with E-state index in [1.807, 2.05) is 30.3 Å². The molecule has 0 aliphatic heterocycles. The van der Waals surface area contributed by atoms with Gasteiger partial charge >= 0.3 is 11.9 Å². The van der Waals surface area contributed by atoms with Crippen LogP contribution in [0.25, 0.3) is 21.5 Å². The number of esters is 2. The Bertz CT molecular complexity index is 1180. The zero-order chi connectivity index (χ0) is 26.5. The van der Waals surface area contributed by atoms with Crippen LogP contribution in [0.15, 0.2) is 42.5 Å². The molecule has 0 bridgehead atoms. The summed E-state index contributed by atoms with van der Waals surface area (Å²) in [7, 11) is 0. The number of halogens is 1. The third-order valence-corrected chi connectivity index (χ3v) is 6.31. The van der Waals surface area contributed by atoms with E-state index >= 15 is 0 Å². The van der Waals surface area contributed by atoms with Crippen molar-refractivity contribution >= 4 is 45.1 Å². The molecular formula is C30H37ClO6. The molecule has 0 aromatic heterocycles. The Morgan fingerprint density at radius 1 is 0.649 bits per heavy atom. The lowest BCUT2D eigenvalue weighted by Crippen LogP contribution is -2.17. The van der Waals surface area contributed by atoms with Crippen molar-refractivity contribution in [3.05, 3.63) is 47.5 Å². The predicted octanol–water partition coefficient (Wildman–Crippen LogP) is 7.65. The van der Waals surface area contributed by atoms with Crippen molar-refractivity contribution < 1.29 is 28.5 Å². The van der Waals surface area contributed by atoms with E-state index in [1.165, 1.54) is 0 Å². The van der Waals surface area contributed by atoms with E-state index in [9.17, 15) is 9.59 Å². The highest BCUT2D eigenvalue weighted by Gasteiger charge is 2.19. The maximum absolute atomic E-state index is 12.3. The summed E-state index contributed by atoms with van der Waals surface area (Å²) in [5.74, 6) is 0.223. The smallest absolute Gasteiger partial charge is 0.344 e. The highest BCUT2D eigenvalue weighted by Crippen LogP contribution is 2.43. The first kappa shape index (κ1) is 28.6. The maximum atomic E-state index is 12.3. The second-order valence-corrected chi connectivity index (χ2v) is 9.47. The number of benzene rings is 3. The molecule has 3 aromatic carbocycles. The van der Waals surface area contributed by atoms with Crippen molar-refractivity contribution in [2.24, 2.45) is 0 Å². The molecule has 200 valence electrons. The minimum Gasteiger partial charge on any atom is -0.481 e. The molecule has 0 amide bonds. The van der Waals surface area contributed by atoms with Crippen LogP contribution in [0.1, 0.15) is 65.2 Å². The van der Waals surface area contributed by atoms with E-state index in [-0.39, 0.29) is 13.2 Å². The van der Waals surface area contributed by atoms with Crippen LogP contribution in [0, 0.1) is 0 Å². The van der Waals surface area contributed by atoms with Crippen molar-refractivity contribution in [1.82, 2.24) is 0 Å². The van der Waals surface area contributed by atoms with E-state index < -0.39 is 11.9 Å². The predicted molar refractivity (Wildman–Crippen MR) is 148 cm³/mol. The number of carbonyl (C=O) groups is 2. The van der Waals surface area contributed by atoms with Crippen LogP contribution in [0.2, 0.25) is 5.02 Å². The first-order chi connectivity index (χ1) is 18.0. The van der Waals surface area contributed by atoms with Gasteiger partial charge in [-0.3, -0.25) is 0 Å². The van der Waals surface area contributed by atoms with Gasteiger partial charge in [-0.15, -0.1) is 0 Å². The van der Waals surface area contributed by atoms with E-state index in [0.717, 1.165) is 67.5 Å². The van der Waals surface area contributed by atoms with Gasteiger partial charge in [-0.1, -0.05) is 88.2 Å². The van der Waals surface area contributed by atoms with Gasteiger partial charge in [0.05, 0.1) is 13.2 Å². The standard InChI is InChI=1S/C30H37ClO6/c1-3-5-7-11-17-34-27(32)20-36-29-23-13-9-10-14-24(23)30(26-19-22(31)15-16-25(26)29)37-21-28(33)35-18-12-8-6-4-2/h9-10,13-16,19H,3-8,11-12,17-18,20-21H2,1-2H3. The molecule has 3 rings (SSSR count). The van der Waals surface area contributed by atoms with Crippen LogP contribution in [-0.4, -0.2) is 38.4 Å². The zero-order valence-electron chi connectivity index (χ0n) is 21.9. The summed E-state index contributed by atoms with van der Waals surface area (Å²) in [6.45, 7) is 4.62. The molecule has 0 saturated carbocycles. The third kappa shape index (κ3) is 8.53. The molecule has 0 N–H and O–H groups in total. The van der Waals surface area contributed by atoms with E-state index in [2.05, 4.69) is 13.8 Å². The largest absolute Gasteiger partial charge is 0.481 e. The molecule has 0 aliphatic carbocycles. The van der Waals surface area contributed by atoms with Gasteiger partial charge < -0.3 is 18.9 Å². The lowest BCUT2D eigenvalue weighted by molar-refractivity contribution is -0.147. The van der Waals surface area contributed by atoms with Crippen LogP contribution >= 0.6 is 11.6 Å². The SMILES string of the molecule is CCCCCCOC(=O)COc1c2ccccc2c(OCC(=O)OCCCCCC)c2cc(Cl)ccc12. The van der Waals surface area contributed by atoms with E-state index in [0.29, 0.717) is 35.1 Å². The van der Waals surface area contributed by atoms with Gasteiger partial charge in [-0.05, 0) is 31.0 Å². The number of rotatable bonds is 16. The summed E-state index contributed by atoms with van der Waals surface area (Å²) in [4.78, 5) is 24.6. The first-order valence-corrected chi connectivity index (χ1v) is 13.6. The monoisotopic (exact) mass is 528 g/mol. The number of hydrogen-bond donors (Lipinski definition) is 0.